The second-order valence-corrected chi connectivity index (χ2v) is 4.74. The minimum atomic E-state index is -0.639. The van der Waals surface area contributed by atoms with E-state index in [1.807, 2.05) is 0 Å². The van der Waals surface area contributed by atoms with Crippen LogP contribution in [0.1, 0.15) is 11.1 Å². The summed E-state index contributed by atoms with van der Waals surface area (Å²) in [5, 5.41) is 20.0. The molecule has 1 N–H and O–H groups in total. The van der Waals surface area contributed by atoms with Crippen LogP contribution in [-0.4, -0.2) is 21.9 Å². The largest absolute Gasteiger partial charge is 0.508 e. The van der Waals surface area contributed by atoms with E-state index >= 15 is 0 Å². The quantitative estimate of drug-likeness (QED) is 0.406. The summed E-state index contributed by atoms with van der Waals surface area (Å²) in [7, 11) is 0. The minimum absolute atomic E-state index is 0.0173. The molecule has 0 aliphatic carbocycles. The summed E-state index contributed by atoms with van der Waals surface area (Å²) < 4.78 is 5.06. The fraction of sp³-hybridized carbons (Fsp3) is 0. The molecule has 0 radical (unpaired) electrons. The number of carbonyl (C=O) groups is 1. The molecular formula is C16H10N2O5. The highest BCUT2D eigenvalue weighted by atomic mass is 16.6. The van der Waals surface area contributed by atoms with Gasteiger partial charge in [0.2, 0.25) is 5.90 Å². The summed E-state index contributed by atoms with van der Waals surface area (Å²) in [5.41, 5.74) is 0.981. The SMILES string of the molecule is O=C1OC(c2cccc([N+](=O)[O-])c2)=N/C1=C\c1ccc(O)cc1. The molecule has 3 rings (SSSR count). The van der Waals surface area contributed by atoms with Crippen LogP contribution < -0.4 is 0 Å². The maximum Gasteiger partial charge on any atom is 0.363 e. The molecular weight excluding hydrogens is 300 g/mol. The molecule has 0 saturated heterocycles. The predicted molar refractivity (Wildman–Crippen MR) is 81.8 cm³/mol. The lowest BCUT2D eigenvalue weighted by Gasteiger charge is -1.98. The highest BCUT2D eigenvalue weighted by Crippen LogP contribution is 2.22. The molecule has 1 aliphatic rings. The number of aromatic hydroxyl groups is 1. The third-order valence-electron chi connectivity index (χ3n) is 3.12. The van der Waals surface area contributed by atoms with Crippen LogP contribution in [0.2, 0.25) is 0 Å². The van der Waals surface area contributed by atoms with Crippen LogP contribution in [0.15, 0.2) is 59.2 Å². The molecule has 23 heavy (non-hydrogen) atoms. The summed E-state index contributed by atoms with van der Waals surface area (Å²) in [6.07, 6.45) is 1.51. The molecule has 0 amide bonds. The topological polar surface area (TPSA) is 102 Å². The Bertz CT molecular complexity index is 853. The highest BCUT2D eigenvalue weighted by Gasteiger charge is 2.25. The van der Waals surface area contributed by atoms with E-state index in [4.69, 9.17) is 4.74 Å². The van der Waals surface area contributed by atoms with Crippen LogP contribution in [-0.2, 0) is 9.53 Å². The van der Waals surface area contributed by atoms with Gasteiger partial charge < -0.3 is 9.84 Å². The first-order chi connectivity index (χ1) is 11.0. The monoisotopic (exact) mass is 310 g/mol. The number of rotatable bonds is 3. The number of non-ortho nitro benzene ring substituents is 1. The summed E-state index contributed by atoms with van der Waals surface area (Å²) in [4.78, 5) is 26.2. The van der Waals surface area contributed by atoms with Gasteiger partial charge in [0.15, 0.2) is 5.70 Å². The fourth-order valence-corrected chi connectivity index (χ4v) is 2.01. The van der Waals surface area contributed by atoms with Gasteiger partial charge in [-0.1, -0.05) is 18.2 Å². The number of carbonyl (C=O) groups excluding carboxylic acids is 1. The van der Waals surface area contributed by atoms with Crippen molar-refractivity contribution in [3.05, 3.63) is 75.5 Å². The molecule has 7 nitrogen and oxygen atoms in total. The molecule has 1 aliphatic heterocycles. The Morgan fingerprint density at radius 3 is 2.61 bits per heavy atom. The normalized spacial score (nSPS) is 15.4. The van der Waals surface area contributed by atoms with E-state index in [1.54, 1.807) is 18.2 Å². The number of phenols is 1. The maximum atomic E-state index is 11.9. The van der Waals surface area contributed by atoms with E-state index in [0.29, 0.717) is 11.1 Å². The molecule has 0 saturated carbocycles. The van der Waals surface area contributed by atoms with Crippen molar-refractivity contribution in [2.24, 2.45) is 4.99 Å². The van der Waals surface area contributed by atoms with Gasteiger partial charge in [-0.2, -0.15) is 0 Å². The predicted octanol–water partition coefficient (Wildman–Crippen LogP) is 2.64. The first-order valence-electron chi connectivity index (χ1n) is 6.59. The minimum Gasteiger partial charge on any atom is -0.508 e. The second-order valence-electron chi connectivity index (χ2n) is 4.74. The van der Waals surface area contributed by atoms with Crippen LogP contribution >= 0.6 is 0 Å². The Morgan fingerprint density at radius 1 is 1.17 bits per heavy atom. The molecule has 0 fully saturated rings. The average molecular weight is 310 g/mol. The zero-order valence-corrected chi connectivity index (χ0v) is 11.7. The van der Waals surface area contributed by atoms with Gasteiger partial charge in [0.05, 0.1) is 4.92 Å². The van der Waals surface area contributed by atoms with Crippen molar-refractivity contribution in [3.63, 3.8) is 0 Å². The van der Waals surface area contributed by atoms with Crippen LogP contribution in [0.5, 0.6) is 5.75 Å². The molecule has 0 aromatic heterocycles. The van der Waals surface area contributed by atoms with E-state index in [9.17, 15) is 20.0 Å². The Balaban J connectivity index is 1.93. The van der Waals surface area contributed by atoms with Gasteiger partial charge in [-0.15, -0.1) is 0 Å². The van der Waals surface area contributed by atoms with E-state index in [2.05, 4.69) is 4.99 Å². The first kappa shape index (κ1) is 14.5. The van der Waals surface area contributed by atoms with E-state index in [1.165, 1.54) is 36.4 Å². The van der Waals surface area contributed by atoms with Crippen LogP contribution in [0.25, 0.3) is 6.08 Å². The molecule has 2 aromatic rings. The zero-order valence-electron chi connectivity index (χ0n) is 11.7. The van der Waals surface area contributed by atoms with Gasteiger partial charge >= 0.3 is 5.97 Å². The lowest BCUT2D eigenvalue weighted by Crippen LogP contribution is -2.05. The highest BCUT2D eigenvalue weighted by molar-refractivity contribution is 6.13. The van der Waals surface area contributed by atoms with Gasteiger partial charge in [-0.05, 0) is 29.8 Å². The number of nitrogens with zero attached hydrogens (tertiary/aromatic N) is 2. The number of cyclic esters (lactones) is 1. The summed E-state index contributed by atoms with van der Waals surface area (Å²) in [6.45, 7) is 0. The number of phenolic OH excluding ortho intramolecular Hbond substituents is 1. The molecule has 0 atom stereocenters. The third-order valence-corrected chi connectivity index (χ3v) is 3.12. The van der Waals surface area contributed by atoms with Gasteiger partial charge in [0.25, 0.3) is 5.69 Å². The van der Waals surface area contributed by atoms with Gasteiger partial charge in [-0.25, -0.2) is 9.79 Å². The van der Waals surface area contributed by atoms with Crippen molar-refractivity contribution in [1.82, 2.24) is 0 Å². The lowest BCUT2D eigenvalue weighted by atomic mass is 10.2. The molecule has 2 aromatic carbocycles. The van der Waals surface area contributed by atoms with Gasteiger partial charge in [0.1, 0.15) is 5.75 Å². The average Bonchev–Trinajstić information content (AvgIpc) is 2.91. The third kappa shape index (κ3) is 3.08. The Labute approximate surface area is 130 Å². The van der Waals surface area contributed by atoms with Crippen molar-refractivity contribution < 1.29 is 19.6 Å². The van der Waals surface area contributed by atoms with E-state index in [0.717, 1.165) is 0 Å². The van der Waals surface area contributed by atoms with Crippen LogP contribution in [0.3, 0.4) is 0 Å². The van der Waals surface area contributed by atoms with Crippen molar-refractivity contribution in [2.75, 3.05) is 0 Å². The molecule has 114 valence electrons. The van der Waals surface area contributed by atoms with Crippen LogP contribution in [0, 0.1) is 10.1 Å². The number of aliphatic imine (C=N–C) groups is 1. The van der Waals surface area contributed by atoms with Crippen LogP contribution in [0.4, 0.5) is 5.69 Å². The van der Waals surface area contributed by atoms with Gasteiger partial charge in [0, 0.05) is 17.7 Å². The van der Waals surface area contributed by atoms with Crippen molar-refractivity contribution in [1.29, 1.82) is 0 Å². The van der Waals surface area contributed by atoms with Crippen molar-refractivity contribution >= 4 is 23.6 Å². The molecule has 0 spiro atoms. The number of benzene rings is 2. The van der Waals surface area contributed by atoms with Gasteiger partial charge in [-0.3, -0.25) is 10.1 Å². The summed E-state index contributed by atoms with van der Waals surface area (Å²) in [6, 6.07) is 11.9. The van der Waals surface area contributed by atoms with Crippen molar-refractivity contribution in [3.8, 4) is 5.75 Å². The van der Waals surface area contributed by atoms with E-state index < -0.39 is 10.9 Å². The zero-order chi connectivity index (χ0) is 16.4. The fourth-order valence-electron chi connectivity index (χ4n) is 2.01. The number of nitro benzene ring substituents is 1. The molecule has 1 heterocycles. The summed E-state index contributed by atoms with van der Waals surface area (Å²) >= 11 is 0. The molecule has 0 bridgehead atoms. The standard InChI is InChI=1S/C16H10N2O5/c19-13-6-4-10(5-7-13)8-14-16(20)23-15(17-14)11-2-1-3-12(9-11)18(21)22/h1-9,19H/b14-8-. The van der Waals surface area contributed by atoms with Crippen molar-refractivity contribution in [2.45, 2.75) is 0 Å². The number of hydrogen-bond acceptors (Lipinski definition) is 6. The summed E-state index contributed by atoms with van der Waals surface area (Å²) in [5.74, 6) is -0.509. The number of ether oxygens (including phenoxy) is 1. The Morgan fingerprint density at radius 2 is 1.91 bits per heavy atom. The molecule has 0 unspecified atom stereocenters. The number of nitro groups is 1. The Kier molecular flexibility index (Phi) is 3.60. The lowest BCUT2D eigenvalue weighted by molar-refractivity contribution is -0.384. The Hall–Kier alpha value is -3.48. The first-order valence-corrected chi connectivity index (χ1v) is 6.59. The number of hydrogen-bond donors (Lipinski definition) is 1. The van der Waals surface area contributed by atoms with E-state index in [-0.39, 0.29) is 23.0 Å². The maximum absolute atomic E-state index is 11.9. The molecule has 7 heteroatoms. The smallest absolute Gasteiger partial charge is 0.363 e. The second kappa shape index (κ2) is 5.72. The number of esters is 1.